The average Bonchev–Trinajstić information content (AvgIpc) is 2.97. The molecule has 3 heterocycles. The number of aromatic nitrogens is 1. The smallest absolute Gasteiger partial charge is 0.256 e. The normalized spacial score (nSPS) is 30.6. The van der Waals surface area contributed by atoms with Gasteiger partial charge in [-0.25, -0.2) is 4.98 Å². The number of piperidine rings is 1. The van der Waals surface area contributed by atoms with Crippen LogP contribution in [0.2, 0.25) is 0 Å². The Morgan fingerprint density at radius 1 is 1.06 bits per heavy atom. The molecular weight excluding hydrogens is 414 g/mol. The summed E-state index contributed by atoms with van der Waals surface area (Å²) < 4.78 is 5.19. The monoisotopic (exact) mass is 447 g/mol. The van der Waals surface area contributed by atoms with E-state index in [1.807, 2.05) is 24.3 Å². The lowest BCUT2D eigenvalue weighted by atomic mass is 9.69. The van der Waals surface area contributed by atoms with Crippen LogP contribution < -0.4 is 4.74 Å². The zero-order valence-corrected chi connectivity index (χ0v) is 19.7. The van der Waals surface area contributed by atoms with E-state index in [0.29, 0.717) is 11.4 Å². The summed E-state index contributed by atoms with van der Waals surface area (Å²) >= 11 is 0. The van der Waals surface area contributed by atoms with Gasteiger partial charge in [-0.15, -0.1) is 0 Å². The van der Waals surface area contributed by atoms with Crippen LogP contribution in [0.5, 0.6) is 5.88 Å². The molecule has 2 saturated heterocycles. The molecule has 5 rings (SSSR count). The molecule has 2 amide bonds. The predicted octanol–water partition coefficient (Wildman–Crippen LogP) is 4.10. The summed E-state index contributed by atoms with van der Waals surface area (Å²) in [6, 6.07) is 14.2. The highest BCUT2D eigenvalue weighted by atomic mass is 16.5. The Balaban J connectivity index is 1.58. The highest BCUT2D eigenvalue weighted by Gasteiger charge is 2.63. The molecule has 2 aromatic rings. The largest absolute Gasteiger partial charge is 0.481 e. The number of hydrogen-bond acceptors (Lipinski definition) is 4. The standard InChI is InChI=1S/C27H33N3O3/c1-18(31)29-21(15-19-9-5-4-6-10-19)22-16-27(2)23(29)11-7-8-12-24(27)30(22)26(32)20-13-14-25(33-3)28-17-20/h4-6,9-10,13-14,17,21-24H,7-8,11-12,15-16H2,1-3H3/t21-,22+,23-,24+,27-/m1/s1. The molecule has 33 heavy (non-hydrogen) atoms. The van der Waals surface area contributed by atoms with Gasteiger partial charge in [0.1, 0.15) is 0 Å². The summed E-state index contributed by atoms with van der Waals surface area (Å²) in [6.45, 7) is 4.01. The molecule has 3 aliphatic rings. The number of methoxy groups -OCH3 is 1. The predicted molar refractivity (Wildman–Crippen MR) is 126 cm³/mol. The highest BCUT2D eigenvalue weighted by molar-refractivity contribution is 5.95. The number of carbonyl (C=O) groups excluding carboxylic acids is 2. The van der Waals surface area contributed by atoms with E-state index < -0.39 is 0 Å². The average molecular weight is 448 g/mol. The van der Waals surface area contributed by atoms with Crippen molar-refractivity contribution >= 4 is 11.8 Å². The Morgan fingerprint density at radius 2 is 1.76 bits per heavy atom. The van der Waals surface area contributed by atoms with Crippen LogP contribution in [0.3, 0.4) is 0 Å². The Kier molecular flexibility index (Phi) is 5.63. The van der Waals surface area contributed by atoms with Crippen molar-refractivity contribution in [1.82, 2.24) is 14.8 Å². The minimum Gasteiger partial charge on any atom is -0.481 e. The summed E-state index contributed by atoms with van der Waals surface area (Å²) in [5.41, 5.74) is 1.70. The molecule has 6 nitrogen and oxygen atoms in total. The maximum absolute atomic E-state index is 14.0. The number of likely N-dealkylation sites (tertiary alicyclic amines) is 2. The molecule has 6 heteroatoms. The van der Waals surface area contributed by atoms with E-state index in [9.17, 15) is 9.59 Å². The van der Waals surface area contributed by atoms with E-state index in [2.05, 4.69) is 33.8 Å². The molecule has 1 aromatic heterocycles. The lowest BCUT2D eigenvalue weighted by Crippen LogP contribution is -2.61. The third-order valence-electron chi connectivity index (χ3n) is 8.29. The van der Waals surface area contributed by atoms with Crippen molar-refractivity contribution in [3.63, 3.8) is 0 Å². The number of ether oxygens (including phenoxy) is 1. The van der Waals surface area contributed by atoms with Gasteiger partial charge in [-0.1, -0.05) is 50.1 Å². The Bertz CT molecular complexity index is 1020. The van der Waals surface area contributed by atoms with Gasteiger partial charge in [0.15, 0.2) is 0 Å². The van der Waals surface area contributed by atoms with Gasteiger partial charge < -0.3 is 14.5 Å². The second-order valence-corrected chi connectivity index (χ2v) is 10.1. The minimum atomic E-state index is -0.0877. The first kappa shape index (κ1) is 21.9. The quantitative estimate of drug-likeness (QED) is 0.708. The van der Waals surface area contributed by atoms with Crippen molar-refractivity contribution in [2.45, 2.75) is 76.5 Å². The van der Waals surface area contributed by atoms with Crippen LogP contribution >= 0.6 is 0 Å². The molecule has 5 atom stereocenters. The van der Waals surface area contributed by atoms with Gasteiger partial charge in [-0.05, 0) is 37.3 Å². The van der Waals surface area contributed by atoms with Crippen LogP contribution in [-0.2, 0) is 11.2 Å². The number of amides is 2. The van der Waals surface area contributed by atoms with Crippen LogP contribution in [0, 0.1) is 5.41 Å². The van der Waals surface area contributed by atoms with Crippen molar-refractivity contribution in [2.75, 3.05) is 7.11 Å². The fraction of sp³-hybridized carbons (Fsp3) is 0.519. The Hall–Kier alpha value is -2.89. The third kappa shape index (κ3) is 3.60. The lowest BCUT2D eigenvalue weighted by molar-refractivity contribution is -0.141. The molecule has 0 radical (unpaired) electrons. The number of carbonyl (C=O) groups is 2. The fourth-order valence-corrected chi connectivity index (χ4v) is 6.87. The first-order chi connectivity index (χ1) is 15.9. The number of hydrogen-bond donors (Lipinski definition) is 0. The first-order valence-corrected chi connectivity index (χ1v) is 12.1. The van der Waals surface area contributed by atoms with Gasteiger partial charge in [-0.2, -0.15) is 0 Å². The molecule has 0 unspecified atom stereocenters. The number of benzene rings is 1. The van der Waals surface area contributed by atoms with Gasteiger partial charge in [0, 0.05) is 36.7 Å². The molecule has 1 saturated carbocycles. The van der Waals surface area contributed by atoms with E-state index in [4.69, 9.17) is 4.74 Å². The molecule has 2 bridgehead atoms. The van der Waals surface area contributed by atoms with Crippen LogP contribution in [0.1, 0.15) is 61.9 Å². The number of nitrogens with zero attached hydrogens (tertiary/aromatic N) is 3. The fourth-order valence-electron chi connectivity index (χ4n) is 6.87. The maximum Gasteiger partial charge on any atom is 0.256 e. The summed E-state index contributed by atoms with van der Waals surface area (Å²) in [5.74, 6) is 0.642. The summed E-state index contributed by atoms with van der Waals surface area (Å²) in [6.07, 6.45) is 7.50. The van der Waals surface area contributed by atoms with Crippen LogP contribution in [-0.4, -0.2) is 57.9 Å². The summed E-state index contributed by atoms with van der Waals surface area (Å²) in [5, 5.41) is 0. The van der Waals surface area contributed by atoms with Gasteiger partial charge in [0.25, 0.3) is 5.91 Å². The first-order valence-electron chi connectivity index (χ1n) is 12.1. The third-order valence-corrected chi connectivity index (χ3v) is 8.29. The molecular formula is C27H33N3O3. The molecule has 2 aliphatic heterocycles. The Morgan fingerprint density at radius 3 is 2.36 bits per heavy atom. The van der Waals surface area contributed by atoms with Crippen LogP contribution in [0.4, 0.5) is 0 Å². The molecule has 0 N–H and O–H groups in total. The SMILES string of the molecule is COc1ccc(C(=O)N2[C@H]3CCCC[C@H]4N(C(C)=O)[C@H](Cc5ccccc5)[C@@H]2C[C@@]34C)cn1. The zero-order chi connectivity index (χ0) is 23.2. The van der Waals surface area contributed by atoms with E-state index in [1.165, 1.54) is 5.56 Å². The number of pyridine rings is 1. The molecule has 0 spiro atoms. The topological polar surface area (TPSA) is 62.7 Å². The van der Waals surface area contributed by atoms with Gasteiger partial charge in [-0.3, -0.25) is 9.59 Å². The zero-order valence-electron chi connectivity index (χ0n) is 19.7. The van der Waals surface area contributed by atoms with E-state index in [0.717, 1.165) is 38.5 Å². The van der Waals surface area contributed by atoms with Crippen LogP contribution in [0.25, 0.3) is 0 Å². The van der Waals surface area contributed by atoms with Gasteiger partial charge >= 0.3 is 0 Å². The van der Waals surface area contributed by atoms with E-state index >= 15 is 0 Å². The van der Waals surface area contributed by atoms with Gasteiger partial charge in [0.2, 0.25) is 11.8 Å². The van der Waals surface area contributed by atoms with E-state index in [-0.39, 0.29) is 41.4 Å². The minimum absolute atomic E-state index is 0.00643. The number of fused-ring (bicyclic) bond motifs is 1. The second kappa shape index (κ2) is 8.47. The molecule has 3 fully saturated rings. The van der Waals surface area contributed by atoms with Crippen molar-refractivity contribution < 1.29 is 14.3 Å². The van der Waals surface area contributed by atoms with E-state index in [1.54, 1.807) is 26.3 Å². The van der Waals surface area contributed by atoms with Gasteiger partial charge in [0.05, 0.1) is 24.8 Å². The summed E-state index contributed by atoms with van der Waals surface area (Å²) in [4.78, 5) is 35.6. The molecule has 1 aliphatic carbocycles. The van der Waals surface area contributed by atoms with Crippen molar-refractivity contribution in [3.05, 3.63) is 59.8 Å². The van der Waals surface area contributed by atoms with Crippen molar-refractivity contribution in [3.8, 4) is 5.88 Å². The summed E-state index contributed by atoms with van der Waals surface area (Å²) in [7, 11) is 1.57. The molecule has 174 valence electrons. The maximum atomic E-state index is 14.0. The van der Waals surface area contributed by atoms with Crippen molar-refractivity contribution in [1.29, 1.82) is 0 Å². The molecule has 1 aromatic carbocycles. The number of rotatable bonds is 4. The van der Waals surface area contributed by atoms with Crippen LogP contribution in [0.15, 0.2) is 48.7 Å². The second-order valence-electron chi connectivity index (χ2n) is 10.1. The Labute approximate surface area is 195 Å². The highest BCUT2D eigenvalue weighted by Crippen LogP contribution is 2.55. The van der Waals surface area contributed by atoms with Crippen molar-refractivity contribution in [2.24, 2.45) is 5.41 Å². The lowest BCUT2D eigenvalue weighted by Gasteiger charge is -2.50.